The topological polar surface area (TPSA) is 94.7 Å². The lowest BCUT2D eigenvalue weighted by atomic mass is 10.1. The number of rotatable bonds is 9. The lowest BCUT2D eigenvalue weighted by Gasteiger charge is -2.14. The molecular weight excluding hydrogens is 442 g/mol. The first-order valence-corrected chi connectivity index (χ1v) is 11.0. The van der Waals surface area contributed by atoms with Crippen LogP contribution in [0, 0.1) is 0 Å². The average Bonchev–Trinajstić information content (AvgIpc) is 3.24. The number of carbonyl (C=O) groups excluding carboxylic acids is 3. The monoisotopic (exact) mass is 465 g/mol. The van der Waals surface area contributed by atoms with Gasteiger partial charge in [-0.1, -0.05) is 36.0 Å². The summed E-state index contributed by atoms with van der Waals surface area (Å²) in [5.74, 6) is -0.763. The number of ether oxygens (including phenoxy) is 3. The number of hydrogen-bond donors (Lipinski definition) is 1. The minimum Gasteiger partial charge on any atom is -0.496 e. The highest BCUT2D eigenvalue weighted by molar-refractivity contribution is 8.14. The van der Waals surface area contributed by atoms with Crippen LogP contribution in [0.4, 0.5) is 0 Å². The molecule has 1 N–H and O–H groups in total. The van der Waals surface area contributed by atoms with Crippen molar-refractivity contribution in [2.45, 2.75) is 6.92 Å². The van der Waals surface area contributed by atoms with Crippen molar-refractivity contribution in [3.8, 4) is 17.2 Å². The summed E-state index contributed by atoms with van der Waals surface area (Å²) in [4.78, 5) is 40.3. The molecule has 33 heavy (non-hydrogen) atoms. The highest BCUT2D eigenvalue weighted by Gasteiger charge is 2.21. The minimum absolute atomic E-state index is 0.0103. The summed E-state index contributed by atoms with van der Waals surface area (Å²) in [6, 6.07) is 10.7. The van der Waals surface area contributed by atoms with Crippen molar-refractivity contribution >= 4 is 45.6 Å². The number of aromatic amines is 1. The predicted molar refractivity (Wildman–Crippen MR) is 129 cm³/mol. The van der Waals surface area contributed by atoms with Crippen LogP contribution in [0.25, 0.3) is 17.0 Å². The van der Waals surface area contributed by atoms with Crippen LogP contribution in [0.15, 0.2) is 60.8 Å². The third-order valence-corrected chi connectivity index (χ3v) is 5.44. The first-order valence-electron chi connectivity index (χ1n) is 10.0. The molecule has 170 valence electrons. The Morgan fingerprint density at radius 3 is 2.52 bits per heavy atom. The maximum absolute atomic E-state index is 13.1. The van der Waals surface area contributed by atoms with Gasteiger partial charge in [0.15, 0.2) is 5.78 Å². The van der Waals surface area contributed by atoms with E-state index in [0.717, 1.165) is 28.2 Å². The molecule has 2 aromatic carbocycles. The van der Waals surface area contributed by atoms with Crippen molar-refractivity contribution in [1.29, 1.82) is 0 Å². The van der Waals surface area contributed by atoms with E-state index in [2.05, 4.69) is 4.98 Å². The fourth-order valence-electron chi connectivity index (χ4n) is 3.12. The zero-order valence-corrected chi connectivity index (χ0v) is 19.2. The van der Waals surface area contributed by atoms with Gasteiger partial charge in [-0.2, -0.15) is 0 Å². The van der Waals surface area contributed by atoms with Crippen molar-refractivity contribution < 1.29 is 28.6 Å². The van der Waals surface area contributed by atoms with E-state index in [1.54, 1.807) is 25.3 Å². The number of para-hydroxylation sites is 1. The van der Waals surface area contributed by atoms with Gasteiger partial charge in [0.25, 0.3) is 0 Å². The van der Waals surface area contributed by atoms with Crippen molar-refractivity contribution in [2.24, 2.45) is 0 Å². The molecule has 0 amide bonds. The Morgan fingerprint density at radius 2 is 1.79 bits per heavy atom. The van der Waals surface area contributed by atoms with Gasteiger partial charge in [0.05, 0.1) is 20.0 Å². The molecule has 0 radical (unpaired) electrons. The van der Waals surface area contributed by atoms with Crippen LogP contribution in [-0.2, 0) is 9.59 Å². The van der Waals surface area contributed by atoms with E-state index >= 15 is 0 Å². The fraction of sp³-hybridized carbons (Fsp3) is 0.160. The summed E-state index contributed by atoms with van der Waals surface area (Å²) in [5, 5.41) is 0.702. The highest BCUT2D eigenvalue weighted by atomic mass is 32.2. The zero-order valence-electron chi connectivity index (χ0n) is 18.4. The summed E-state index contributed by atoms with van der Waals surface area (Å²) in [6.45, 7) is 1.71. The van der Waals surface area contributed by atoms with Gasteiger partial charge in [-0.05, 0) is 36.8 Å². The van der Waals surface area contributed by atoms with E-state index in [-0.39, 0.29) is 27.9 Å². The molecule has 0 spiro atoms. The summed E-state index contributed by atoms with van der Waals surface area (Å²) >= 11 is 0.807. The van der Waals surface area contributed by atoms with E-state index in [1.807, 2.05) is 24.3 Å². The Balaban J connectivity index is 1.89. The van der Waals surface area contributed by atoms with E-state index in [4.69, 9.17) is 14.2 Å². The van der Waals surface area contributed by atoms with Crippen LogP contribution in [0.1, 0.15) is 22.8 Å². The molecule has 0 saturated heterocycles. The molecule has 0 aliphatic carbocycles. The molecule has 0 aliphatic heterocycles. The number of aromatic nitrogens is 1. The van der Waals surface area contributed by atoms with Crippen molar-refractivity contribution in [2.75, 3.05) is 20.0 Å². The molecule has 0 saturated carbocycles. The Labute approximate surface area is 195 Å². The lowest BCUT2D eigenvalue weighted by Crippen LogP contribution is -2.14. The maximum Gasteiger partial charge on any atom is 0.321 e. The number of H-pyrrole nitrogens is 1. The lowest BCUT2D eigenvalue weighted by molar-refractivity contribution is -0.131. The van der Waals surface area contributed by atoms with Gasteiger partial charge < -0.3 is 19.2 Å². The molecule has 1 aromatic heterocycles. The number of allylic oxidation sites excluding steroid dienone is 2. The van der Waals surface area contributed by atoms with Crippen LogP contribution in [0.5, 0.6) is 17.2 Å². The third-order valence-electron chi connectivity index (χ3n) is 4.64. The van der Waals surface area contributed by atoms with Crippen molar-refractivity contribution in [3.63, 3.8) is 0 Å². The minimum atomic E-state index is -0.678. The molecule has 0 fully saturated rings. The molecule has 1 heterocycles. The Hall–Kier alpha value is -3.78. The summed E-state index contributed by atoms with van der Waals surface area (Å²) < 4.78 is 16.0. The standard InChI is InChI=1S/C25H23NO6S/c1-4-7-24(29)33-15-23(28)32-22-13-17(30-2)12-21(31-3)25(22)20(27)11-10-16-14-26-19-9-6-5-8-18(16)19/h4-14,26H,15H2,1-3H3/b7-4+,11-10+. The van der Waals surface area contributed by atoms with Crippen molar-refractivity contribution in [1.82, 2.24) is 4.98 Å². The predicted octanol–water partition coefficient (Wildman–Crippen LogP) is 4.82. The molecule has 8 heteroatoms. The Morgan fingerprint density at radius 1 is 1.03 bits per heavy atom. The molecule has 0 aliphatic rings. The van der Waals surface area contributed by atoms with Crippen LogP contribution in [0.2, 0.25) is 0 Å². The summed E-state index contributed by atoms with van der Waals surface area (Å²) in [7, 11) is 2.86. The summed E-state index contributed by atoms with van der Waals surface area (Å²) in [5.41, 5.74) is 1.86. The van der Waals surface area contributed by atoms with Crippen LogP contribution in [0.3, 0.4) is 0 Å². The largest absolute Gasteiger partial charge is 0.496 e. The Kier molecular flexibility index (Phi) is 8.10. The summed E-state index contributed by atoms with van der Waals surface area (Å²) in [6.07, 6.45) is 7.82. The molecule has 0 unspecified atom stereocenters. The normalized spacial score (nSPS) is 11.2. The first-order chi connectivity index (χ1) is 16.0. The van der Waals surface area contributed by atoms with E-state index in [1.165, 1.54) is 38.5 Å². The quantitative estimate of drug-likeness (QED) is 0.209. The smallest absolute Gasteiger partial charge is 0.321 e. The number of nitrogens with one attached hydrogen (secondary N) is 1. The molecule has 3 rings (SSSR count). The van der Waals surface area contributed by atoms with E-state index < -0.39 is 11.8 Å². The fourth-order valence-corrected chi connectivity index (χ4v) is 3.67. The third kappa shape index (κ3) is 5.93. The molecular formula is C25H23NO6S. The second kappa shape index (κ2) is 11.2. The van der Waals surface area contributed by atoms with Gasteiger partial charge >= 0.3 is 5.97 Å². The van der Waals surface area contributed by atoms with E-state index in [9.17, 15) is 14.4 Å². The molecule has 7 nitrogen and oxygen atoms in total. The molecule has 3 aromatic rings. The van der Waals surface area contributed by atoms with Crippen LogP contribution < -0.4 is 14.2 Å². The van der Waals surface area contributed by atoms with Crippen molar-refractivity contribution in [3.05, 3.63) is 72.0 Å². The van der Waals surface area contributed by atoms with Gasteiger partial charge in [-0.15, -0.1) is 0 Å². The molecule has 0 bridgehead atoms. The zero-order chi connectivity index (χ0) is 23.8. The van der Waals surface area contributed by atoms with Gasteiger partial charge in [0.1, 0.15) is 22.8 Å². The van der Waals surface area contributed by atoms with Gasteiger partial charge in [0, 0.05) is 29.2 Å². The number of esters is 1. The number of thioether (sulfide) groups is 1. The number of methoxy groups -OCH3 is 2. The van der Waals surface area contributed by atoms with Crippen LogP contribution >= 0.6 is 11.8 Å². The number of benzene rings is 2. The number of fused-ring (bicyclic) bond motifs is 1. The SMILES string of the molecule is C/C=C/C(=O)SCC(=O)Oc1cc(OC)cc(OC)c1C(=O)/C=C/c1c[nH]c2ccccc12. The van der Waals surface area contributed by atoms with Gasteiger partial charge in [0.2, 0.25) is 5.12 Å². The van der Waals surface area contributed by atoms with Gasteiger partial charge in [-0.25, -0.2) is 0 Å². The second-order valence-corrected chi connectivity index (χ2v) is 7.75. The number of hydrogen-bond acceptors (Lipinski definition) is 7. The van der Waals surface area contributed by atoms with Gasteiger partial charge in [-0.3, -0.25) is 14.4 Å². The molecule has 0 atom stereocenters. The Bertz CT molecular complexity index is 1240. The average molecular weight is 466 g/mol. The number of ketones is 1. The van der Waals surface area contributed by atoms with E-state index in [0.29, 0.717) is 5.75 Å². The maximum atomic E-state index is 13.1. The first kappa shape index (κ1) is 23.9. The second-order valence-electron chi connectivity index (χ2n) is 6.77. The number of carbonyl (C=O) groups is 3. The van der Waals surface area contributed by atoms with Crippen LogP contribution in [-0.4, -0.2) is 41.8 Å². The highest BCUT2D eigenvalue weighted by Crippen LogP contribution is 2.35.